The van der Waals surface area contributed by atoms with Crippen LogP contribution >= 0.6 is 0 Å². The number of Topliss-reactive ketones (excluding diaryl/α,β-unsaturated/α-hetero) is 1. The van der Waals surface area contributed by atoms with Crippen molar-refractivity contribution >= 4 is 11.7 Å². The smallest absolute Gasteiger partial charge is 0.237 e. The van der Waals surface area contributed by atoms with E-state index in [-0.39, 0.29) is 24.3 Å². The summed E-state index contributed by atoms with van der Waals surface area (Å²) in [6, 6.07) is 9.93. The Morgan fingerprint density at radius 2 is 1.86 bits per heavy atom. The molecule has 1 aliphatic heterocycles. The molecule has 1 aromatic rings. The number of ketones is 1. The maximum Gasteiger partial charge on any atom is 0.237 e. The first kappa shape index (κ1) is 15.2. The van der Waals surface area contributed by atoms with Crippen LogP contribution < -0.4 is 10.6 Å². The standard InChI is InChI=1S/C18H24N2O2/c21-16(13-20-17(22)15-9-6-12-19-15)18(10-4-5-11-18)14-7-2-1-3-8-14/h1-3,7-8,15,19H,4-6,9-13H2,(H,20,22)/t15-/m0/s1. The summed E-state index contributed by atoms with van der Waals surface area (Å²) >= 11 is 0. The molecule has 1 aliphatic carbocycles. The summed E-state index contributed by atoms with van der Waals surface area (Å²) in [4.78, 5) is 24.9. The first-order chi connectivity index (χ1) is 10.7. The van der Waals surface area contributed by atoms with Crippen molar-refractivity contribution in [3.8, 4) is 0 Å². The van der Waals surface area contributed by atoms with Gasteiger partial charge < -0.3 is 10.6 Å². The van der Waals surface area contributed by atoms with Gasteiger partial charge in [0.2, 0.25) is 5.91 Å². The van der Waals surface area contributed by atoms with Gasteiger partial charge in [0.1, 0.15) is 0 Å². The molecule has 1 saturated carbocycles. The van der Waals surface area contributed by atoms with Crippen molar-refractivity contribution in [1.82, 2.24) is 10.6 Å². The maximum absolute atomic E-state index is 12.9. The van der Waals surface area contributed by atoms with Crippen LogP contribution in [0, 0.1) is 0 Å². The molecule has 0 unspecified atom stereocenters. The minimum absolute atomic E-state index is 0.0351. The van der Waals surface area contributed by atoms with Gasteiger partial charge in [0.15, 0.2) is 5.78 Å². The van der Waals surface area contributed by atoms with E-state index in [9.17, 15) is 9.59 Å². The van der Waals surface area contributed by atoms with Gasteiger partial charge in [0, 0.05) is 0 Å². The summed E-state index contributed by atoms with van der Waals surface area (Å²) in [6.07, 6.45) is 5.85. The van der Waals surface area contributed by atoms with E-state index in [1.165, 1.54) is 0 Å². The first-order valence-electron chi connectivity index (χ1n) is 8.32. The Bertz CT molecular complexity index is 529. The molecule has 4 heteroatoms. The Hall–Kier alpha value is -1.68. The zero-order valence-corrected chi connectivity index (χ0v) is 12.9. The normalized spacial score (nSPS) is 23.4. The summed E-state index contributed by atoms with van der Waals surface area (Å²) < 4.78 is 0. The van der Waals surface area contributed by atoms with Crippen molar-refractivity contribution in [1.29, 1.82) is 0 Å². The van der Waals surface area contributed by atoms with Gasteiger partial charge in [-0.3, -0.25) is 9.59 Å². The molecule has 1 aromatic carbocycles. The molecule has 1 amide bonds. The van der Waals surface area contributed by atoms with Crippen LogP contribution in [-0.2, 0) is 15.0 Å². The molecule has 1 heterocycles. The summed E-state index contributed by atoms with van der Waals surface area (Å²) in [5.74, 6) is 0.120. The van der Waals surface area contributed by atoms with Gasteiger partial charge in [-0.15, -0.1) is 0 Å². The third-order valence-electron chi connectivity index (χ3n) is 5.12. The van der Waals surface area contributed by atoms with Gasteiger partial charge in [0.05, 0.1) is 18.0 Å². The van der Waals surface area contributed by atoms with E-state index in [4.69, 9.17) is 0 Å². The van der Waals surface area contributed by atoms with Crippen molar-refractivity contribution in [2.75, 3.05) is 13.1 Å². The largest absolute Gasteiger partial charge is 0.348 e. The van der Waals surface area contributed by atoms with Crippen molar-refractivity contribution in [2.24, 2.45) is 0 Å². The number of rotatable bonds is 5. The van der Waals surface area contributed by atoms with E-state index in [1.54, 1.807) is 0 Å². The van der Waals surface area contributed by atoms with Crippen molar-refractivity contribution < 1.29 is 9.59 Å². The predicted octanol–water partition coefficient (Wildman–Crippen LogP) is 1.94. The van der Waals surface area contributed by atoms with Gasteiger partial charge >= 0.3 is 0 Å². The van der Waals surface area contributed by atoms with E-state index in [0.717, 1.165) is 50.6 Å². The fourth-order valence-corrected chi connectivity index (χ4v) is 3.83. The predicted molar refractivity (Wildman–Crippen MR) is 85.6 cm³/mol. The first-order valence-corrected chi connectivity index (χ1v) is 8.32. The van der Waals surface area contributed by atoms with Crippen LogP contribution in [0.2, 0.25) is 0 Å². The fraction of sp³-hybridized carbons (Fsp3) is 0.556. The van der Waals surface area contributed by atoms with Crippen molar-refractivity contribution in [2.45, 2.75) is 50.0 Å². The fourth-order valence-electron chi connectivity index (χ4n) is 3.83. The molecule has 3 rings (SSSR count). The van der Waals surface area contributed by atoms with E-state index in [1.807, 2.05) is 30.3 Å². The Morgan fingerprint density at radius 1 is 1.14 bits per heavy atom. The molecular weight excluding hydrogens is 276 g/mol. The molecule has 2 N–H and O–H groups in total. The number of carbonyl (C=O) groups excluding carboxylic acids is 2. The Balaban J connectivity index is 1.67. The van der Waals surface area contributed by atoms with Crippen LogP contribution in [0.15, 0.2) is 30.3 Å². The second kappa shape index (κ2) is 6.61. The second-order valence-corrected chi connectivity index (χ2v) is 6.45. The molecule has 0 spiro atoms. The summed E-state index contributed by atoms with van der Waals surface area (Å²) in [5.41, 5.74) is 0.711. The van der Waals surface area contributed by atoms with Crippen LogP contribution in [0.5, 0.6) is 0 Å². The number of carbonyl (C=O) groups is 2. The highest BCUT2D eigenvalue weighted by Gasteiger charge is 2.42. The van der Waals surface area contributed by atoms with E-state index >= 15 is 0 Å². The molecule has 22 heavy (non-hydrogen) atoms. The van der Waals surface area contributed by atoms with Crippen LogP contribution in [0.4, 0.5) is 0 Å². The monoisotopic (exact) mass is 300 g/mol. The summed E-state index contributed by atoms with van der Waals surface area (Å²) in [5, 5.41) is 6.01. The van der Waals surface area contributed by atoms with Gasteiger partial charge in [-0.1, -0.05) is 43.2 Å². The number of nitrogens with one attached hydrogen (secondary N) is 2. The number of amides is 1. The molecule has 0 bridgehead atoms. The SMILES string of the molecule is O=C(NCC(=O)C1(c2ccccc2)CCCC1)[C@@H]1CCCN1. The quantitative estimate of drug-likeness (QED) is 0.873. The highest BCUT2D eigenvalue weighted by molar-refractivity contribution is 5.95. The molecule has 1 atom stereocenters. The summed E-state index contributed by atoms with van der Waals surface area (Å²) in [6.45, 7) is 1.03. The molecule has 2 fully saturated rings. The zero-order valence-electron chi connectivity index (χ0n) is 12.9. The topological polar surface area (TPSA) is 58.2 Å². The van der Waals surface area contributed by atoms with Gasteiger partial charge in [0.25, 0.3) is 0 Å². The Morgan fingerprint density at radius 3 is 2.50 bits per heavy atom. The highest BCUT2D eigenvalue weighted by Crippen LogP contribution is 2.41. The number of hydrogen-bond acceptors (Lipinski definition) is 3. The lowest BCUT2D eigenvalue weighted by atomic mass is 9.75. The highest BCUT2D eigenvalue weighted by atomic mass is 16.2. The van der Waals surface area contributed by atoms with Crippen LogP contribution in [0.3, 0.4) is 0 Å². The van der Waals surface area contributed by atoms with E-state index < -0.39 is 5.41 Å². The molecule has 1 saturated heterocycles. The van der Waals surface area contributed by atoms with E-state index in [0.29, 0.717) is 0 Å². The zero-order chi connectivity index (χ0) is 15.4. The Labute approximate surface area is 131 Å². The van der Waals surface area contributed by atoms with Crippen molar-refractivity contribution in [3.63, 3.8) is 0 Å². The lowest BCUT2D eigenvalue weighted by Gasteiger charge is -2.28. The van der Waals surface area contributed by atoms with Crippen molar-refractivity contribution in [3.05, 3.63) is 35.9 Å². The third kappa shape index (κ3) is 2.93. The number of benzene rings is 1. The van der Waals surface area contributed by atoms with Crippen LogP contribution in [-0.4, -0.2) is 30.8 Å². The molecule has 0 aromatic heterocycles. The lowest BCUT2D eigenvalue weighted by molar-refractivity contribution is -0.128. The van der Waals surface area contributed by atoms with Crippen LogP contribution in [0.1, 0.15) is 44.1 Å². The molecule has 118 valence electrons. The average molecular weight is 300 g/mol. The lowest BCUT2D eigenvalue weighted by Crippen LogP contribution is -2.46. The minimum Gasteiger partial charge on any atom is -0.348 e. The maximum atomic E-state index is 12.9. The number of hydrogen-bond donors (Lipinski definition) is 2. The van der Waals surface area contributed by atoms with Crippen LogP contribution in [0.25, 0.3) is 0 Å². The molecular formula is C18H24N2O2. The van der Waals surface area contributed by atoms with Gasteiger partial charge in [-0.25, -0.2) is 0 Å². The third-order valence-corrected chi connectivity index (χ3v) is 5.12. The van der Waals surface area contributed by atoms with Gasteiger partial charge in [-0.2, -0.15) is 0 Å². The molecule has 2 aliphatic rings. The van der Waals surface area contributed by atoms with E-state index in [2.05, 4.69) is 10.6 Å². The Kier molecular flexibility index (Phi) is 4.57. The average Bonchev–Trinajstić information content (AvgIpc) is 3.25. The van der Waals surface area contributed by atoms with Gasteiger partial charge in [-0.05, 0) is 37.8 Å². The second-order valence-electron chi connectivity index (χ2n) is 6.45. The molecule has 0 radical (unpaired) electrons. The molecule has 4 nitrogen and oxygen atoms in total. The minimum atomic E-state index is -0.391. The summed E-state index contributed by atoms with van der Waals surface area (Å²) in [7, 11) is 0.